The Bertz CT molecular complexity index is 995. The number of aromatic nitrogens is 3. The van der Waals surface area contributed by atoms with Gasteiger partial charge in [0.25, 0.3) is 5.91 Å². The molecule has 0 spiro atoms. The van der Waals surface area contributed by atoms with Gasteiger partial charge in [0.15, 0.2) is 5.69 Å². The lowest BCUT2D eigenvalue weighted by Gasteiger charge is -2.26. The fourth-order valence-electron chi connectivity index (χ4n) is 4.74. The van der Waals surface area contributed by atoms with Crippen LogP contribution in [-0.4, -0.2) is 57.0 Å². The zero-order valence-corrected chi connectivity index (χ0v) is 16.7. The molecule has 2 amide bonds. The summed E-state index contributed by atoms with van der Waals surface area (Å²) in [7, 11) is 0. The topological polar surface area (TPSA) is 71.3 Å². The van der Waals surface area contributed by atoms with Gasteiger partial charge in [-0.2, -0.15) is 0 Å². The molecule has 1 aliphatic carbocycles. The van der Waals surface area contributed by atoms with E-state index in [1.807, 2.05) is 36.4 Å². The number of rotatable bonds is 4. The number of likely N-dealkylation sites (tertiary alicyclic amines) is 1. The van der Waals surface area contributed by atoms with Gasteiger partial charge in [-0.15, -0.1) is 5.10 Å². The molecule has 7 nitrogen and oxygen atoms in total. The molecule has 3 aliphatic rings. The average Bonchev–Trinajstić information content (AvgIpc) is 3.54. The number of hydrogen-bond acceptors (Lipinski definition) is 4. The van der Waals surface area contributed by atoms with Crippen molar-refractivity contribution >= 4 is 17.5 Å². The Morgan fingerprint density at radius 3 is 2.80 bits per heavy atom. The molecule has 30 heavy (non-hydrogen) atoms. The van der Waals surface area contributed by atoms with E-state index in [1.165, 1.54) is 0 Å². The number of amides is 2. The average molecular weight is 409 g/mol. The van der Waals surface area contributed by atoms with Crippen molar-refractivity contribution in [3.05, 3.63) is 53.9 Å². The fourth-order valence-corrected chi connectivity index (χ4v) is 4.74. The predicted octanol–water partition coefficient (Wildman–Crippen LogP) is 2.39. The van der Waals surface area contributed by atoms with E-state index in [0.717, 1.165) is 30.5 Å². The van der Waals surface area contributed by atoms with Crippen LogP contribution in [0.3, 0.4) is 0 Å². The number of halogens is 1. The maximum absolute atomic E-state index is 14.1. The maximum atomic E-state index is 14.1. The Balaban J connectivity index is 1.28. The summed E-state index contributed by atoms with van der Waals surface area (Å²) in [5.74, 6) is -0.262. The first-order valence-corrected chi connectivity index (χ1v) is 10.5. The standard InChI is InChI=1S/C22H24FN5O2/c23-17-11-18(28(12-17)21(29)16-6-1-2-7-16)13-26-14-19(24-25-26)22(30)27-10-9-15-5-3-4-8-20(15)27/h1-5,8,14,16-18H,6-7,9-13H2. The number of alkyl halides is 1. The highest BCUT2D eigenvalue weighted by molar-refractivity contribution is 6.05. The molecule has 1 aromatic heterocycles. The third kappa shape index (κ3) is 3.40. The number of carbonyl (C=O) groups excluding carboxylic acids is 2. The Morgan fingerprint density at radius 1 is 1.17 bits per heavy atom. The Morgan fingerprint density at radius 2 is 1.97 bits per heavy atom. The molecule has 0 bridgehead atoms. The summed E-state index contributed by atoms with van der Waals surface area (Å²) in [5, 5.41) is 8.15. The zero-order valence-electron chi connectivity index (χ0n) is 16.7. The van der Waals surface area contributed by atoms with Crippen molar-refractivity contribution in [3.8, 4) is 0 Å². The maximum Gasteiger partial charge on any atom is 0.280 e. The van der Waals surface area contributed by atoms with E-state index >= 15 is 0 Å². The Hall–Kier alpha value is -3.03. The third-order valence-electron chi connectivity index (χ3n) is 6.29. The molecule has 2 atom stereocenters. The molecule has 1 saturated heterocycles. The first-order chi connectivity index (χ1) is 14.6. The normalized spacial score (nSPS) is 23.4. The summed E-state index contributed by atoms with van der Waals surface area (Å²) in [4.78, 5) is 29.1. The fraction of sp³-hybridized carbons (Fsp3) is 0.455. The minimum atomic E-state index is -1.03. The molecule has 0 N–H and O–H groups in total. The van der Waals surface area contributed by atoms with Crippen LogP contribution >= 0.6 is 0 Å². The van der Waals surface area contributed by atoms with Crippen LogP contribution in [0, 0.1) is 5.92 Å². The molecular weight excluding hydrogens is 385 g/mol. The molecule has 2 aromatic rings. The molecule has 8 heteroatoms. The summed E-state index contributed by atoms with van der Waals surface area (Å²) in [6.45, 7) is 1.09. The number of benzene rings is 1. The van der Waals surface area contributed by atoms with Crippen molar-refractivity contribution in [2.24, 2.45) is 5.92 Å². The molecule has 0 saturated carbocycles. The van der Waals surface area contributed by atoms with Gasteiger partial charge in [-0.1, -0.05) is 35.6 Å². The van der Waals surface area contributed by atoms with Gasteiger partial charge in [0.2, 0.25) is 5.91 Å². The van der Waals surface area contributed by atoms with Crippen LogP contribution in [0.5, 0.6) is 0 Å². The van der Waals surface area contributed by atoms with Gasteiger partial charge in [-0.05, 0) is 30.9 Å². The van der Waals surface area contributed by atoms with Crippen LogP contribution < -0.4 is 4.90 Å². The largest absolute Gasteiger partial charge is 0.335 e. The summed E-state index contributed by atoms with van der Waals surface area (Å²) in [6.07, 6.45) is 7.14. The number of nitrogens with zero attached hydrogens (tertiary/aromatic N) is 5. The molecule has 2 aliphatic heterocycles. The first kappa shape index (κ1) is 19.0. The smallest absolute Gasteiger partial charge is 0.280 e. The van der Waals surface area contributed by atoms with Gasteiger partial charge in [0.05, 0.1) is 25.3 Å². The van der Waals surface area contributed by atoms with E-state index in [4.69, 9.17) is 0 Å². The van der Waals surface area contributed by atoms with Crippen LogP contribution in [0.2, 0.25) is 0 Å². The lowest BCUT2D eigenvalue weighted by molar-refractivity contribution is -0.136. The van der Waals surface area contributed by atoms with Crippen molar-refractivity contribution in [1.82, 2.24) is 19.9 Å². The van der Waals surface area contributed by atoms with Crippen LogP contribution in [0.4, 0.5) is 10.1 Å². The summed E-state index contributed by atoms with van der Waals surface area (Å²) in [6, 6.07) is 7.58. The highest BCUT2D eigenvalue weighted by Gasteiger charge is 2.38. The second kappa shape index (κ2) is 7.66. The second-order valence-electron chi connectivity index (χ2n) is 8.28. The quantitative estimate of drug-likeness (QED) is 0.727. The molecule has 5 rings (SSSR count). The van der Waals surface area contributed by atoms with Gasteiger partial charge in [-0.25, -0.2) is 9.07 Å². The molecule has 3 heterocycles. The zero-order chi connectivity index (χ0) is 20.7. The van der Waals surface area contributed by atoms with Crippen molar-refractivity contribution in [1.29, 1.82) is 0 Å². The van der Waals surface area contributed by atoms with Gasteiger partial charge in [0.1, 0.15) is 6.17 Å². The molecule has 156 valence electrons. The second-order valence-corrected chi connectivity index (χ2v) is 8.28. The van der Waals surface area contributed by atoms with Crippen LogP contribution in [-0.2, 0) is 17.8 Å². The lowest BCUT2D eigenvalue weighted by Crippen LogP contribution is -2.41. The minimum absolute atomic E-state index is 0.00948. The van der Waals surface area contributed by atoms with Crippen LogP contribution in [0.15, 0.2) is 42.6 Å². The monoisotopic (exact) mass is 409 g/mol. The van der Waals surface area contributed by atoms with E-state index in [9.17, 15) is 14.0 Å². The highest BCUT2D eigenvalue weighted by Crippen LogP contribution is 2.29. The summed E-state index contributed by atoms with van der Waals surface area (Å²) < 4.78 is 15.7. The predicted molar refractivity (Wildman–Crippen MR) is 109 cm³/mol. The van der Waals surface area contributed by atoms with Gasteiger partial charge in [0, 0.05) is 24.6 Å². The van der Waals surface area contributed by atoms with Gasteiger partial charge >= 0.3 is 0 Å². The number of carbonyl (C=O) groups is 2. The number of para-hydroxylation sites is 1. The highest BCUT2D eigenvalue weighted by atomic mass is 19.1. The van der Waals surface area contributed by atoms with E-state index < -0.39 is 6.17 Å². The van der Waals surface area contributed by atoms with Crippen molar-refractivity contribution in [2.75, 3.05) is 18.0 Å². The molecular formula is C22H24FN5O2. The SMILES string of the molecule is O=C(c1cn(CC2CC(F)CN2C(=O)C2CC=CC2)nn1)N1CCc2ccccc21. The van der Waals surface area contributed by atoms with Crippen molar-refractivity contribution < 1.29 is 14.0 Å². The van der Waals surface area contributed by atoms with E-state index in [-0.39, 0.29) is 42.4 Å². The van der Waals surface area contributed by atoms with E-state index in [2.05, 4.69) is 10.3 Å². The van der Waals surface area contributed by atoms with Crippen LogP contribution in [0.25, 0.3) is 0 Å². The summed E-state index contributed by atoms with van der Waals surface area (Å²) >= 11 is 0. The van der Waals surface area contributed by atoms with Crippen LogP contribution in [0.1, 0.15) is 35.3 Å². The molecule has 0 radical (unpaired) electrons. The van der Waals surface area contributed by atoms with Crippen molar-refractivity contribution in [2.45, 2.75) is 44.4 Å². The molecule has 2 unspecified atom stereocenters. The van der Waals surface area contributed by atoms with E-state index in [1.54, 1.807) is 20.7 Å². The number of allylic oxidation sites excluding steroid dienone is 2. The van der Waals surface area contributed by atoms with Gasteiger partial charge in [-0.3, -0.25) is 9.59 Å². The Labute approximate surface area is 174 Å². The number of hydrogen-bond donors (Lipinski definition) is 0. The number of anilines is 1. The molecule has 1 aromatic carbocycles. The third-order valence-corrected chi connectivity index (χ3v) is 6.29. The van der Waals surface area contributed by atoms with Gasteiger partial charge < -0.3 is 9.80 Å². The first-order valence-electron chi connectivity index (χ1n) is 10.5. The molecule has 1 fully saturated rings. The van der Waals surface area contributed by atoms with E-state index in [0.29, 0.717) is 13.1 Å². The summed E-state index contributed by atoms with van der Waals surface area (Å²) in [5.41, 5.74) is 2.32. The Kier molecular flexibility index (Phi) is 4.84. The van der Waals surface area contributed by atoms with Crippen molar-refractivity contribution in [3.63, 3.8) is 0 Å². The lowest BCUT2D eigenvalue weighted by atomic mass is 10.1. The number of fused-ring (bicyclic) bond motifs is 1. The minimum Gasteiger partial charge on any atom is -0.335 e.